The number of likely N-dealkylation sites (tertiary alicyclic amines) is 1. The molecule has 0 spiro atoms. The Hall–Kier alpha value is -2.71. The van der Waals surface area contributed by atoms with E-state index in [1.807, 2.05) is 4.90 Å². The van der Waals surface area contributed by atoms with Gasteiger partial charge >= 0.3 is 6.18 Å². The fourth-order valence-corrected chi connectivity index (χ4v) is 3.53. The molecule has 2 heterocycles. The van der Waals surface area contributed by atoms with Crippen LogP contribution in [0.25, 0.3) is 0 Å². The number of pyridine rings is 1. The highest BCUT2D eigenvalue weighted by Gasteiger charge is 2.30. The highest BCUT2D eigenvalue weighted by Crippen LogP contribution is 2.22. The molecule has 1 atom stereocenters. The first-order valence-electron chi connectivity index (χ1n) is 9.39. The van der Waals surface area contributed by atoms with E-state index in [1.54, 1.807) is 0 Å². The first-order chi connectivity index (χ1) is 13.7. The number of terminal acetylenes is 2. The summed E-state index contributed by atoms with van der Waals surface area (Å²) in [6, 6.07) is 2.85. The largest absolute Gasteiger partial charge is 0.406 e. The molecular weight excluding hydrogens is 383 g/mol. The maximum atomic E-state index is 12.7. The fourth-order valence-electron chi connectivity index (χ4n) is 3.53. The average Bonchev–Trinajstić information content (AvgIpc) is 2.65. The Kier molecular flexibility index (Phi) is 7.92. The van der Waals surface area contributed by atoms with Crippen LogP contribution >= 0.6 is 0 Å². The van der Waals surface area contributed by atoms with Crippen LogP contribution in [-0.4, -0.2) is 52.1 Å². The van der Waals surface area contributed by atoms with E-state index in [0.29, 0.717) is 11.1 Å². The predicted octanol–water partition coefficient (Wildman–Crippen LogP) is 2.25. The minimum absolute atomic E-state index is 0.120. The average molecular weight is 407 g/mol. The summed E-state index contributed by atoms with van der Waals surface area (Å²) in [7, 11) is 0. The predicted molar refractivity (Wildman–Crippen MR) is 104 cm³/mol. The van der Waals surface area contributed by atoms with Gasteiger partial charge in [-0.15, -0.1) is 12.8 Å². The summed E-state index contributed by atoms with van der Waals surface area (Å²) in [6.07, 6.45) is 10.0. The molecule has 1 aromatic heterocycles. The Labute approximate surface area is 168 Å². The van der Waals surface area contributed by atoms with Crippen LogP contribution in [0.2, 0.25) is 0 Å². The second-order valence-electron chi connectivity index (χ2n) is 7.06. The molecule has 5 nitrogen and oxygen atoms in total. The summed E-state index contributed by atoms with van der Waals surface area (Å²) in [5.41, 5.74) is -0.387. The van der Waals surface area contributed by atoms with Gasteiger partial charge in [-0.2, -0.15) is 13.2 Å². The molecule has 2 rings (SSSR count). The van der Waals surface area contributed by atoms with Gasteiger partial charge < -0.3 is 9.47 Å². The molecule has 1 amide bonds. The normalized spacial score (nSPS) is 17.3. The smallest absolute Gasteiger partial charge is 0.320 e. The lowest BCUT2D eigenvalue weighted by Crippen LogP contribution is -2.44. The van der Waals surface area contributed by atoms with Gasteiger partial charge in [-0.1, -0.05) is 24.3 Å². The van der Waals surface area contributed by atoms with Gasteiger partial charge in [-0.25, -0.2) is 0 Å². The van der Waals surface area contributed by atoms with E-state index < -0.39 is 18.3 Å². The highest BCUT2D eigenvalue weighted by molar-refractivity contribution is 5.77. The van der Waals surface area contributed by atoms with Gasteiger partial charge in [0.05, 0.1) is 13.1 Å². The standard InChI is InChI=1S/C21H24F3N3O2/c1-3-10-25(11-4-2)19(28)14-18-9-5-6-12-26(18)15-17-8-7-13-27(20(17)29)16-21(22,23)24/h1-2,7-8,13,18H,5-6,9-12,14-16H2/t18-/m1/s1. The topological polar surface area (TPSA) is 45.6 Å². The van der Waals surface area contributed by atoms with Crippen LogP contribution in [0.3, 0.4) is 0 Å². The molecule has 0 unspecified atom stereocenters. The molecule has 29 heavy (non-hydrogen) atoms. The van der Waals surface area contributed by atoms with Crippen LogP contribution < -0.4 is 5.56 Å². The van der Waals surface area contributed by atoms with Gasteiger partial charge in [0.15, 0.2) is 0 Å². The van der Waals surface area contributed by atoms with E-state index >= 15 is 0 Å². The second-order valence-corrected chi connectivity index (χ2v) is 7.06. The highest BCUT2D eigenvalue weighted by atomic mass is 19.4. The molecule has 0 radical (unpaired) electrons. The van der Waals surface area contributed by atoms with Gasteiger partial charge in [-0.3, -0.25) is 14.5 Å². The molecule has 0 bridgehead atoms. The SMILES string of the molecule is C#CCN(CC#C)C(=O)C[C@H]1CCCCN1Cc1cccn(CC(F)(F)F)c1=O. The minimum atomic E-state index is -4.47. The van der Waals surface area contributed by atoms with Crippen molar-refractivity contribution in [1.82, 2.24) is 14.4 Å². The van der Waals surface area contributed by atoms with Crippen molar-refractivity contribution in [3.8, 4) is 24.7 Å². The number of hydrogen-bond donors (Lipinski definition) is 0. The van der Waals surface area contributed by atoms with E-state index in [2.05, 4.69) is 11.8 Å². The van der Waals surface area contributed by atoms with Crippen LogP contribution in [-0.2, 0) is 17.9 Å². The van der Waals surface area contributed by atoms with Gasteiger partial charge in [0.1, 0.15) is 6.54 Å². The number of alkyl halides is 3. The number of aromatic nitrogens is 1. The number of halogens is 3. The van der Waals surface area contributed by atoms with Gasteiger partial charge in [0, 0.05) is 30.8 Å². The Morgan fingerprint density at radius 2 is 1.93 bits per heavy atom. The third-order valence-corrected chi connectivity index (χ3v) is 4.90. The molecule has 1 aliphatic heterocycles. The summed E-state index contributed by atoms with van der Waals surface area (Å²) >= 11 is 0. The molecular formula is C21H24F3N3O2. The maximum absolute atomic E-state index is 12.7. The monoisotopic (exact) mass is 407 g/mol. The minimum Gasteiger partial charge on any atom is -0.320 e. The summed E-state index contributed by atoms with van der Waals surface area (Å²) in [6.45, 7) is -0.225. The van der Waals surface area contributed by atoms with Crippen LogP contribution in [0.4, 0.5) is 13.2 Å². The van der Waals surface area contributed by atoms with Crippen LogP contribution in [0.1, 0.15) is 31.2 Å². The van der Waals surface area contributed by atoms with E-state index in [1.165, 1.54) is 17.0 Å². The molecule has 1 aromatic rings. The molecule has 0 saturated carbocycles. The van der Waals surface area contributed by atoms with Crippen molar-refractivity contribution >= 4 is 5.91 Å². The zero-order chi connectivity index (χ0) is 21.4. The molecule has 0 N–H and O–H groups in total. The van der Waals surface area contributed by atoms with E-state index in [4.69, 9.17) is 12.8 Å². The Balaban J connectivity index is 2.14. The number of hydrogen-bond acceptors (Lipinski definition) is 3. The number of nitrogens with zero attached hydrogens (tertiary/aromatic N) is 3. The number of carbonyl (C=O) groups is 1. The molecule has 1 fully saturated rings. The second kappa shape index (κ2) is 10.2. The van der Waals surface area contributed by atoms with Crippen molar-refractivity contribution in [2.45, 2.75) is 51.0 Å². The van der Waals surface area contributed by atoms with Crippen molar-refractivity contribution in [1.29, 1.82) is 0 Å². The van der Waals surface area contributed by atoms with E-state index in [-0.39, 0.29) is 43.6 Å². The fraction of sp³-hybridized carbons (Fsp3) is 0.524. The van der Waals surface area contributed by atoms with Crippen LogP contribution in [0.15, 0.2) is 23.1 Å². The Bertz CT molecular complexity index is 832. The molecule has 156 valence electrons. The first kappa shape index (κ1) is 22.6. The zero-order valence-electron chi connectivity index (χ0n) is 16.1. The maximum Gasteiger partial charge on any atom is 0.406 e. The molecule has 0 aliphatic carbocycles. The van der Waals surface area contributed by atoms with E-state index in [9.17, 15) is 22.8 Å². The Morgan fingerprint density at radius 3 is 2.55 bits per heavy atom. The lowest BCUT2D eigenvalue weighted by molar-refractivity contribution is -0.141. The van der Waals surface area contributed by atoms with Crippen molar-refractivity contribution in [2.75, 3.05) is 19.6 Å². The van der Waals surface area contributed by atoms with Crippen LogP contribution in [0, 0.1) is 24.7 Å². The number of amides is 1. The summed E-state index contributed by atoms with van der Waals surface area (Å²) in [5, 5.41) is 0. The third-order valence-electron chi connectivity index (χ3n) is 4.90. The van der Waals surface area contributed by atoms with Gasteiger partial charge in [0.2, 0.25) is 5.91 Å². The van der Waals surface area contributed by atoms with Crippen molar-refractivity contribution < 1.29 is 18.0 Å². The Morgan fingerprint density at radius 1 is 1.24 bits per heavy atom. The van der Waals surface area contributed by atoms with Crippen LogP contribution in [0.5, 0.6) is 0 Å². The number of carbonyl (C=O) groups excluding carboxylic acids is 1. The molecule has 8 heteroatoms. The number of rotatable bonds is 7. The summed E-state index contributed by atoms with van der Waals surface area (Å²) in [4.78, 5) is 28.4. The van der Waals surface area contributed by atoms with Crippen molar-refractivity contribution in [3.63, 3.8) is 0 Å². The van der Waals surface area contributed by atoms with Crippen molar-refractivity contribution in [3.05, 3.63) is 34.2 Å². The zero-order valence-corrected chi connectivity index (χ0v) is 16.1. The van der Waals surface area contributed by atoms with Gasteiger partial charge in [-0.05, 0) is 25.5 Å². The summed E-state index contributed by atoms with van der Waals surface area (Å²) in [5.74, 6) is 4.66. The lowest BCUT2D eigenvalue weighted by Gasteiger charge is -2.36. The van der Waals surface area contributed by atoms with Crippen molar-refractivity contribution in [2.24, 2.45) is 0 Å². The molecule has 1 saturated heterocycles. The van der Waals surface area contributed by atoms with E-state index in [0.717, 1.165) is 25.5 Å². The van der Waals surface area contributed by atoms with Gasteiger partial charge in [0.25, 0.3) is 5.56 Å². The molecule has 0 aromatic carbocycles. The number of piperidine rings is 1. The summed E-state index contributed by atoms with van der Waals surface area (Å²) < 4.78 is 38.7. The lowest BCUT2D eigenvalue weighted by atomic mass is 9.98. The quantitative estimate of drug-likeness (QED) is 0.652. The molecule has 1 aliphatic rings. The first-order valence-corrected chi connectivity index (χ1v) is 9.39. The third kappa shape index (κ3) is 6.69.